The van der Waals surface area contributed by atoms with Gasteiger partial charge in [0, 0.05) is 5.69 Å². The summed E-state index contributed by atoms with van der Waals surface area (Å²) in [5.41, 5.74) is 2.79. The Morgan fingerprint density at radius 2 is 1.91 bits per heavy atom. The quantitative estimate of drug-likeness (QED) is 0.520. The Morgan fingerprint density at radius 1 is 1.16 bits per heavy atom. The molecule has 1 aromatic heterocycles. The van der Waals surface area contributed by atoms with Crippen molar-refractivity contribution in [1.29, 1.82) is 0 Å². The van der Waals surface area contributed by atoms with Crippen LogP contribution in [-0.2, 0) is 11.2 Å². The minimum absolute atomic E-state index is 0.0140. The number of para-hydroxylation sites is 1. The molecule has 0 saturated heterocycles. The predicted molar refractivity (Wildman–Crippen MR) is 121 cm³/mol. The standard InChI is InChI=1S/C24H24N4O4/c1-3-15-7-5-6-8-19(15)27-23(29)18-14-25-28-21(13-20(24(30)31)26-22(18)28)16-9-11-17(12-10-16)32-4-2/h5-14,21,26H,3-4H2,1-2H3,(H,27,29)(H,30,31). The third kappa shape index (κ3) is 4.07. The Balaban J connectivity index is 1.69. The number of aryl methyl sites for hydroxylation is 1. The molecule has 0 bridgehead atoms. The Hall–Kier alpha value is -4.07. The van der Waals surface area contributed by atoms with Crippen LogP contribution in [-0.4, -0.2) is 33.4 Å². The van der Waals surface area contributed by atoms with Crippen LogP contribution in [0.4, 0.5) is 11.5 Å². The number of fused-ring (bicyclic) bond motifs is 1. The Bertz CT molecular complexity index is 1180. The van der Waals surface area contributed by atoms with Crippen LogP contribution in [0.2, 0.25) is 0 Å². The topological polar surface area (TPSA) is 105 Å². The van der Waals surface area contributed by atoms with Crippen LogP contribution in [0, 0.1) is 0 Å². The summed E-state index contributed by atoms with van der Waals surface area (Å²) in [5.74, 6) is -0.425. The monoisotopic (exact) mass is 432 g/mol. The highest BCUT2D eigenvalue weighted by atomic mass is 16.5. The lowest BCUT2D eigenvalue weighted by Crippen LogP contribution is -2.25. The number of aliphatic carboxylic acids is 1. The van der Waals surface area contributed by atoms with Crippen LogP contribution in [0.25, 0.3) is 0 Å². The Morgan fingerprint density at radius 3 is 2.59 bits per heavy atom. The van der Waals surface area contributed by atoms with Crippen molar-refractivity contribution in [2.75, 3.05) is 17.2 Å². The number of allylic oxidation sites excluding steroid dienone is 1. The maximum Gasteiger partial charge on any atom is 0.352 e. The van der Waals surface area contributed by atoms with Gasteiger partial charge < -0.3 is 20.5 Å². The molecule has 1 amide bonds. The number of ether oxygens (including phenoxy) is 1. The molecule has 164 valence electrons. The number of nitrogens with one attached hydrogen (secondary N) is 2. The molecule has 1 aliphatic rings. The van der Waals surface area contributed by atoms with E-state index in [-0.39, 0.29) is 17.2 Å². The maximum atomic E-state index is 13.1. The molecule has 32 heavy (non-hydrogen) atoms. The molecule has 1 aliphatic heterocycles. The van der Waals surface area contributed by atoms with E-state index < -0.39 is 12.0 Å². The zero-order valence-electron chi connectivity index (χ0n) is 17.8. The third-order valence-electron chi connectivity index (χ3n) is 5.29. The summed E-state index contributed by atoms with van der Waals surface area (Å²) >= 11 is 0. The van der Waals surface area contributed by atoms with Gasteiger partial charge in [-0.2, -0.15) is 5.10 Å². The first-order valence-electron chi connectivity index (χ1n) is 10.4. The lowest BCUT2D eigenvalue weighted by Gasteiger charge is -2.24. The second-order valence-corrected chi connectivity index (χ2v) is 7.27. The molecule has 0 spiro atoms. The van der Waals surface area contributed by atoms with E-state index in [4.69, 9.17) is 4.74 Å². The zero-order valence-corrected chi connectivity index (χ0v) is 17.8. The maximum absolute atomic E-state index is 13.1. The molecule has 4 rings (SSSR count). The number of carboxylic acid groups (broad SMARTS) is 1. The highest BCUT2D eigenvalue weighted by Gasteiger charge is 2.29. The fourth-order valence-electron chi connectivity index (χ4n) is 3.69. The number of hydrogen-bond donors (Lipinski definition) is 3. The molecule has 8 nitrogen and oxygen atoms in total. The average Bonchev–Trinajstić information content (AvgIpc) is 3.24. The van der Waals surface area contributed by atoms with Crippen LogP contribution in [0.5, 0.6) is 5.75 Å². The first-order valence-corrected chi connectivity index (χ1v) is 10.4. The summed E-state index contributed by atoms with van der Waals surface area (Å²) < 4.78 is 7.10. The van der Waals surface area contributed by atoms with Gasteiger partial charge in [0.25, 0.3) is 5.91 Å². The van der Waals surface area contributed by atoms with Gasteiger partial charge in [-0.15, -0.1) is 0 Å². The van der Waals surface area contributed by atoms with Crippen molar-refractivity contribution >= 4 is 23.4 Å². The van der Waals surface area contributed by atoms with Crippen LogP contribution in [0.3, 0.4) is 0 Å². The molecule has 1 unspecified atom stereocenters. The number of aromatic nitrogens is 2. The van der Waals surface area contributed by atoms with Crippen molar-refractivity contribution in [3.63, 3.8) is 0 Å². The Kier molecular flexibility index (Phi) is 5.93. The van der Waals surface area contributed by atoms with Crippen LogP contribution < -0.4 is 15.4 Å². The number of rotatable bonds is 7. The summed E-state index contributed by atoms with van der Waals surface area (Å²) in [6, 6.07) is 14.5. The van der Waals surface area contributed by atoms with Crippen molar-refractivity contribution in [1.82, 2.24) is 9.78 Å². The van der Waals surface area contributed by atoms with Gasteiger partial charge in [0.15, 0.2) is 0 Å². The second kappa shape index (κ2) is 8.97. The van der Waals surface area contributed by atoms with Crippen LogP contribution >= 0.6 is 0 Å². The lowest BCUT2D eigenvalue weighted by atomic mass is 10.0. The number of hydrogen-bond acceptors (Lipinski definition) is 5. The number of carboxylic acids is 1. The molecule has 8 heteroatoms. The van der Waals surface area contributed by atoms with E-state index in [9.17, 15) is 14.7 Å². The Labute approximate surface area is 185 Å². The summed E-state index contributed by atoms with van der Waals surface area (Å²) in [6.07, 6.45) is 3.80. The molecule has 2 heterocycles. The SMILES string of the molecule is CCOc1ccc(C2C=C(C(=O)O)Nc3c(C(=O)Nc4ccccc4CC)cnn32)cc1. The van der Waals surface area contributed by atoms with Gasteiger partial charge in [-0.3, -0.25) is 4.79 Å². The zero-order chi connectivity index (χ0) is 22.7. The smallest absolute Gasteiger partial charge is 0.352 e. The highest BCUT2D eigenvalue weighted by Crippen LogP contribution is 2.33. The van der Waals surface area contributed by atoms with Crippen LogP contribution in [0.1, 0.15) is 41.4 Å². The number of benzene rings is 2. The minimum atomic E-state index is -1.11. The van der Waals surface area contributed by atoms with E-state index in [1.807, 2.05) is 62.4 Å². The molecular weight excluding hydrogens is 408 g/mol. The normalized spacial score (nSPS) is 14.7. The van der Waals surface area contributed by atoms with Gasteiger partial charge >= 0.3 is 5.97 Å². The molecule has 1 atom stereocenters. The minimum Gasteiger partial charge on any atom is -0.494 e. The molecule has 0 saturated carbocycles. The van der Waals surface area contributed by atoms with Crippen molar-refractivity contribution in [3.8, 4) is 5.75 Å². The third-order valence-corrected chi connectivity index (χ3v) is 5.29. The summed E-state index contributed by atoms with van der Waals surface area (Å²) in [4.78, 5) is 24.8. The van der Waals surface area contributed by atoms with Crippen LogP contribution in [0.15, 0.2) is 66.5 Å². The fourth-order valence-corrected chi connectivity index (χ4v) is 3.69. The molecule has 0 radical (unpaired) electrons. The van der Waals surface area contributed by atoms with Crippen molar-refractivity contribution in [2.45, 2.75) is 26.3 Å². The largest absolute Gasteiger partial charge is 0.494 e. The number of amides is 1. The lowest BCUT2D eigenvalue weighted by molar-refractivity contribution is -0.132. The molecule has 2 aromatic carbocycles. The first kappa shape index (κ1) is 21.2. The molecule has 3 N–H and O–H groups in total. The summed E-state index contributed by atoms with van der Waals surface area (Å²) in [5, 5.41) is 19.8. The van der Waals surface area contributed by atoms with E-state index in [1.165, 1.54) is 6.20 Å². The number of anilines is 2. The van der Waals surface area contributed by atoms with Crippen molar-refractivity contribution in [2.24, 2.45) is 0 Å². The van der Waals surface area contributed by atoms with Gasteiger partial charge in [-0.25, -0.2) is 9.48 Å². The van der Waals surface area contributed by atoms with Crippen molar-refractivity contribution in [3.05, 3.63) is 83.2 Å². The molecular formula is C24H24N4O4. The van der Waals surface area contributed by atoms with E-state index in [2.05, 4.69) is 15.7 Å². The van der Waals surface area contributed by atoms with E-state index in [1.54, 1.807) is 10.8 Å². The molecule has 0 aliphatic carbocycles. The first-order chi connectivity index (χ1) is 15.5. The average molecular weight is 432 g/mol. The van der Waals surface area contributed by atoms with Gasteiger partial charge in [0.05, 0.1) is 18.8 Å². The van der Waals surface area contributed by atoms with E-state index >= 15 is 0 Å². The molecule has 0 fully saturated rings. The number of carbonyl (C=O) groups excluding carboxylic acids is 1. The predicted octanol–water partition coefficient (Wildman–Crippen LogP) is 4.08. The summed E-state index contributed by atoms with van der Waals surface area (Å²) in [6.45, 7) is 4.47. The number of nitrogens with zero attached hydrogens (tertiary/aromatic N) is 2. The van der Waals surface area contributed by atoms with Gasteiger partial charge in [0.1, 0.15) is 22.8 Å². The number of carbonyl (C=O) groups is 2. The van der Waals surface area contributed by atoms with Gasteiger partial charge in [0.2, 0.25) is 0 Å². The van der Waals surface area contributed by atoms with E-state index in [0.29, 0.717) is 18.1 Å². The highest BCUT2D eigenvalue weighted by molar-refractivity contribution is 6.08. The van der Waals surface area contributed by atoms with E-state index in [0.717, 1.165) is 23.3 Å². The fraction of sp³-hybridized carbons (Fsp3) is 0.208. The van der Waals surface area contributed by atoms with Gasteiger partial charge in [-0.1, -0.05) is 37.3 Å². The second-order valence-electron chi connectivity index (χ2n) is 7.27. The summed E-state index contributed by atoms with van der Waals surface area (Å²) in [7, 11) is 0. The molecule has 3 aromatic rings. The van der Waals surface area contributed by atoms with Crippen molar-refractivity contribution < 1.29 is 19.4 Å². The van der Waals surface area contributed by atoms with Gasteiger partial charge in [-0.05, 0) is 48.7 Å².